The van der Waals surface area contributed by atoms with Crippen molar-refractivity contribution in [3.63, 3.8) is 0 Å². The van der Waals surface area contributed by atoms with Gasteiger partial charge in [-0.2, -0.15) is 0 Å². The predicted molar refractivity (Wildman–Crippen MR) is 102 cm³/mol. The summed E-state index contributed by atoms with van der Waals surface area (Å²) >= 11 is 0. The molecular formula is C20H20N4O2. The van der Waals surface area contributed by atoms with Gasteiger partial charge in [-0.15, -0.1) is 5.10 Å². The van der Waals surface area contributed by atoms with E-state index in [9.17, 15) is 9.59 Å². The van der Waals surface area contributed by atoms with Gasteiger partial charge in [-0.05, 0) is 23.6 Å². The summed E-state index contributed by atoms with van der Waals surface area (Å²) in [4.78, 5) is 26.0. The van der Waals surface area contributed by atoms with E-state index in [2.05, 4.69) is 5.10 Å². The summed E-state index contributed by atoms with van der Waals surface area (Å²) in [6.07, 6.45) is 0. The first kappa shape index (κ1) is 16.3. The van der Waals surface area contributed by atoms with Crippen LogP contribution in [0.4, 0.5) is 0 Å². The minimum Gasteiger partial charge on any atom is -0.276 e. The average molecular weight is 348 g/mol. The van der Waals surface area contributed by atoms with Crippen LogP contribution >= 0.6 is 0 Å². The molecule has 0 unspecified atom stereocenters. The van der Waals surface area contributed by atoms with Crippen LogP contribution in [0.2, 0.25) is 0 Å². The Labute approximate surface area is 149 Å². The van der Waals surface area contributed by atoms with Crippen LogP contribution in [-0.2, 0) is 13.1 Å². The molecule has 4 rings (SSSR count). The van der Waals surface area contributed by atoms with Gasteiger partial charge in [0.1, 0.15) is 0 Å². The Bertz CT molecular complexity index is 1200. The average Bonchev–Trinajstić information content (AvgIpc) is 2.96. The summed E-state index contributed by atoms with van der Waals surface area (Å²) in [7, 11) is 0. The second kappa shape index (κ2) is 6.29. The summed E-state index contributed by atoms with van der Waals surface area (Å²) in [6.45, 7) is 4.95. The molecule has 6 nitrogen and oxygen atoms in total. The highest BCUT2D eigenvalue weighted by molar-refractivity contribution is 5.79. The quantitative estimate of drug-likeness (QED) is 0.569. The number of hydrogen-bond acceptors (Lipinski definition) is 3. The van der Waals surface area contributed by atoms with E-state index in [4.69, 9.17) is 0 Å². The van der Waals surface area contributed by atoms with Gasteiger partial charge in [0.15, 0.2) is 0 Å². The van der Waals surface area contributed by atoms with E-state index >= 15 is 0 Å². The first-order valence-corrected chi connectivity index (χ1v) is 8.71. The van der Waals surface area contributed by atoms with Crippen LogP contribution in [-0.4, -0.2) is 18.7 Å². The fourth-order valence-electron chi connectivity index (χ4n) is 3.26. The van der Waals surface area contributed by atoms with Crippen molar-refractivity contribution in [2.45, 2.75) is 26.9 Å². The zero-order valence-electron chi connectivity index (χ0n) is 14.8. The maximum atomic E-state index is 13.0. The van der Waals surface area contributed by atoms with Gasteiger partial charge in [0.2, 0.25) is 5.78 Å². The zero-order valence-corrected chi connectivity index (χ0v) is 14.8. The van der Waals surface area contributed by atoms with E-state index in [-0.39, 0.29) is 17.2 Å². The number of fused-ring (bicyclic) bond motifs is 3. The van der Waals surface area contributed by atoms with Crippen LogP contribution in [0.15, 0.2) is 64.2 Å². The van der Waals surface area contributed by atoms with Gasteiger partial charge in [-0.1, -0.05) is 56.3 Å². The Hall–Kier alpha value is -3.15. The van der Waals surface area contributed by atoms with Gasteiger partial charge >= 0.3 is 5.69 Å². The van der Waals surface area contributed by atoms with E-state index in [1.54, 1.807) is 21.1 Å². The number of para-hydroxylation sites is 1. The van der Waals surface area contributed by atoms with Crippen molar-refractivity contribution >= 4 is 16.7 Å². The summed E-state index contributed by atoms with van der Waals surface area (Å²) in [5.74, 6) is 0.648. The van der Waals surface area contributed by atoms with Crippen LogP contribution in [0.3, 0.4) is 0 Å². The summed E-state index contributed by atoms with van der Waals surface area (Å²) in [5.41, 5.74) is 1.23. The summed E-state index contributed by atoms with van der Waals surface area (Å²) in [6, 6.07) is 16.9. The van der Waals surface area contributed by atoms with E-state index < -0.39 is 0 Å². The molecule has 0 bridgehead atoms. The molecule has 2 aromatic carbocycles. The molecule has 2 aromatic heterocycles. The molecule has 0 atom stereocenters. The number of hydrogen-bond donors (Lipinski definition) is 0. The molecule has 0 radical (unpaired) electrons. The summed E-state index contributed by atoms with van der Waals surface area (Å²) in [5, 5.41) is 5.03. The first-order valence-electron chi connectivity index (χ1n) is 8.71. The maximum Gasteiger partial charge on any atom is 0.352 e. The minimum absolute atomic E-state index is 0.112. The maximum absolute atomic E-state index is 13.0. The van der Waals surface area contributed by atoms with Crippen LogP contribution < -0.4 is 11.2 Å². The highest BCUT2D eigenvalue weighted by Gasteiger charge is 2.17. The molecule has 2 heterocycles. The zero-order chi connectivity index (χ0) is 18.3. The van der Waals surface area contributed by atoms with Crippen LogP contribution in [0, 0.1) is 5.92 Å². The second-order valence-corrected chi connectivity index (χ2v) is 6.89. The third-order valence-electron chi connectivity index (χ3n) is 4.41. The van der Waals surface area contributed by atoms with Crippen molar-refractivity contribution in [1.29, 1.82) is 0 Å². The smallest absolute Gasteiger partial charge is 0.276 e. The summed E-state index contributed by atoms with van der Waals surface area (Å²) < 4.78 is 4.57. The SMILES string of the molecule is CC(C)Cn1c(=O)c2ccccc2n2c(=O)n(Cc3ccccc3)nc12. The Morgan fingerprint density at radius 3 is 2.38 bits per heavy atom. The van der Waals surface area contributed by atoms with E-state index in [1.807, 2.05) is 56.3 Å². The Morgan fingerprint density at radius 1 is 0.962 bits per heavy atom. The van der Waals surface area contributed by atoms with Crippen LogP contribution in [0.25, 0.3) is 16.7 Å². The Morgan fingerprint density at radius 2 is 1.65 bits per heavy atom. The van der Waals surface area contributed by atoms with Gasteiger partial charge in [-0.3, -0.25) is 9.36 Å². The van der Waals surface area contributed by atoms with Crippen molar-refractivity contribution in [3.05, 3.63) is 81.0 Å². The molecule has 0 N–H and O–H groups in total. The van der Waals surface area contributed by atoms with Crippen molar-refractivity contribution in [2.24, 2.45) is 5.92 Å². The lowest BCUT2D eigenvalue weighted by Gasteiger charge is -2.11. The van der Waals surface area contributed by atoms with Crippen molar-refractivity contribution < 1.29 is 0 Å². The van der Waals surface area contributed by atoms with Gasteiger partial charge in [-0.25, -0.2) is 13.9 Å². The van der Waals surface area contributed by atoms with Gasteiger partial charge in [0, 0.05) is 6.54 Å². The molecule has 26 heavy (non-hydrogen) atoms. The third-order valence-corrected chi connectivity index (χ3v) is 4.41. The molecule has 0 amide bonds. The van der Waals surface area contributed by atoms with E-state index in [0.29, 0.717) is 29.8 Å². The molecule has 0 saturated heterocycles. The standard InChI is InChI=1S/C20H20N4O2/c1-14(2)12-22-18(25)16-10-6-7-11-17(16)24-19(22)21-23(20(24)26)13-15-8-4-3-5-9-15/h3-11,14H,12-13H2,1-2H3. The largest absolute Gasteiger partial charge is 0.352 e. The fourth-order valence-corrected chi connectivity index (χ4v) is 3.26. The molecule has 0 fully saturated rings. The van der Waals surface area contributed by atoms with Gasteiger partial charge in [0.25, 0.3) is 5.56 Å². The van der Waals surface area contributed by atoms with Crippen molar-refractivity contribution in [1.82, 2.24) is 18.7 Å². The number of rotatable bonds is 4. The van der Waals surface area contributed by atoms with Gasteiger partial charge < -0.3 is 0 Å². The Kier molecular flexibility index (Phi) is 3.95. The molecule has 0 aliphatic carbocycles. The monoisotopic (exact) mass is 348 g/mol. The Balaban J connectivity index is 2.04. The third kappa shape index (κ3) is 2.63. The molecule has 0 aliphatic rings. The van der Waals surface area contributed by atoms with Gasteiger partial charge in [0.05, 0.1) is 17.4 Å². The lowest BCUT2D eigenvalue weighted by atomic mass is 10.2. The molecule has 0 saturated carbocycles. The van der Waals surface area contributed by atoms with Crippen LogP contribution in [0.5, 0.6) is 0 Å². The number of aromatic nitrogens is 4. The number of benzene rings is 2. The molecule has 4 aromatic rings. The van der Waals surface area contributed by atoms with E-state index in [1.165, 1.54) is 4.68 Å². The molecular weight excluding hydrogens is 328 g/mol. The first-order chi connectivity index (χ1) is 12.6. The second-order valence-electron chi connectivity index (χ2n) is 6.89. The number of nitrogens with zero attached hydrogens (tertiary/aromatic N) is 4. The lowest BCUT2D eigenvalue weighted by Crippen LogP contribution is -2.27. The lowest BCUT2D eigenvalue weighted by molar-refractivity contribution is 0.516. The fraction of sp³-hybridized carbons (Fsp3) is 0.250. The van der Waals surface area contributed by atoms with Crippen molar-refractivity contribution in [2.75, 3.05) is 0 Å². The normalized spacial score (nSPS) is 11.7. The highest BCUT2D eigenvalue weighted by Crippen LogP contribution is 2.12. The predicted octanol–water partition coefficient (Wildman–Crippen LogP) is 2.52. The molecule has 0 aliphatic heterocycles. The minimum atomic E-state index is -0.238. The van der Waals surface area contributed by atoms with E-state index in [0.717, 1.165) is 5.56 Å². The highest BCUT2D eigenvalue weighted by atomic mass is 16.2. The molecule has 132 valence electrons. The molecule has 0 spiro atoms. The topological polar surface area (TPSA) is 61.3 Å². The molecule has 6 heteroatoms. The van der Waals surface area contributed by atoms with Crippen molar-refractivity contribution in [3.8, 4) is 0 Å². The van der Waals surface area contributed by atoms with Crippen LogP contribution in [0.1, 0.15) is 19.4 Å².